The quantitative estimate of drug-likeness (QED) is 0.735. The molecule has 1 aromatic carbocycles. The van der Waals surface area contributed by atoms with E-state index in [-0.39, 0.29) is 5.69 Å². The monoisotopic (exact) mass is 219 g/mol. The van der Waals surface area contributed by atoms with E-state index in [1.165, 1.54) is 0 Å². The van der Waals surface area contributed by atoms with Gasteiger partial charge in [0.1, 0.15) is 6.29 Å². The molecule has 0 atom stereocenters. The summed E-state index contributed by atoms with van der Waals surface area (Å²) < 4.78 is 0. The molecule has 0 radical (unpaired) electrons. The van der Waals surface area contributed by atoms with Crippen LogP contribution in [0.1, 0.15) is 5.56 Å². The molecule has 0 saturated heterocycles. The number of carbonyl (C=O) groups excluding carboxylic acids is 1. The van der Waals surface area contributed by atoms with Crippen LogP contribution in [0.4, 0.5) is 0 Å². The Morgan fingerprint density at radius 3 is 2.81 bits per heavy atom. The van der Waals surface area contributed by atoms with Crippen LogP contribution >= 0.6 is 0 Å². The van der Waals surface area contributed by atoms with Crippen LogP contribution in [0, 0.1) is 0 Å². The zero-order valence-corrected chi connectivity index (χ0v) is 8.99. The van der Waals surface area contributed by atoms with Gasteiger partial charge in [0.25, 0.3) is 0 Å². The van der Waals surface area contributed by atoms with Crippen molar-refractivity contribution in [3.05, 3.63) is 34.2 Å². The molecule has 0 unspecified atom stereocenters. The third-order valence-corrected chi connectivity index (χ3v) is 2.42. The number of hydrogen-bond acceptors (Lipinski definition) is 3. The number of aldehydes is 1. The zero-order chi connectivity index (χ0) is 11.5. The topological polar surface area (TPSA) is 69.0 Å². The molecule has 0 fully saturated rings. The molecule has 0 saturated carbocycles. The molecule has 0 aliphatic heterocycles. The number of H-pyrrole nitrogens is 2. The molecule has 1 heterocycles. The van der Waals surface area contributed by atoms with Crippen molar-refractivity contribution in [2.24, 2.45) is 0 Å². The van der Waals surface area contributed by atoms with Crippen molar-refractivity contribution < 1.29 is 4.79 Å². The normalized spacial score (nSPS) is 11.1. The Bertz CT molecular complexity index is 556. The second-order valence-electron chi connectivity index (χ2n) is 3.82. The van der Waals surface area contributed by atoms with Crippen LogP contribution in [0.25, 0.3) is 11.0 Å². The highest BCUT2D eigenvalue weighted by atomic mass is 16.1. The van der Waals surface area contributed by atoms with E-state index in [9.17, 15) is 9.59 Å². The van der Waals surface area contributed by atoms with E-state index in [4.69, 9.17) is 0 Å². The molecule has 2 N–H and O–H groups in total. The number of nitrogens with one attached hydrogen (secondary N) is 2. The maximum absolute atomic E-state index is 11.1. The van der Waals surface area contributed by atoms with Crippen molar-refractivity contribution in [2.45, 2.75) is 6.54 Å². The molecule has 1 aromatic heterocycles. The molecule has 16 heavy (non-hydrogen) atoms. The third kappa shape index (κ3) is 2.20. The van der Waals surface area contributed by atoms with Gasteiger partial charge in [-0.15, -0.1) is 0 Å². The minimum absolute atomic E-state index is 0.201. The average molecular weight is 219 g/mol. The SMILES string of the molecule is CN(CC=O)Cc1ccc2[nH]c(=O)[nH]c2c1. The molecule has 2 rings (SSSR count). The summed E-state index contributed by atoms with van der Waals surface area (Å²) in [6.07, 6.45) is 0.872. The highest BCUT2D eigenvalue weighted by Crippen LogP contribution is 2.11. The van der Waals surface area contributed by atoms with Crippen molar-refractivity contribution in [3.63, 3.8) is 0 Å². The molecule has 5 nitrogen and oxygen atoms in total. The lowest BCUT2D eigenvalue weighted by atomic mass is 10.2. The number of likely N-dealkylation sites (N-methyl/N-ethyl adjacent to an activating group) is 1. The molecular formula is C11H13N3O2. The Balaban J connectivity index is 2.25. The van der Waals surface area contributed by atoms with Crippen molar-refractivity contribution in [3.8, 4) is 0 Å². The van der Waals surface area contributed by atoms with Crippen LogP contribution in [0.5, 0.6) is 0 Å². The number of aromatic amines is 2. The van der Waals surface area contributed by atoms with Crippen LogP contribution in [-0.4, -0.2) is 34.7 Å². The predicted octanol–water partition coefficient (Wildman–Crippen LogP) is 0.487. The summed E-state index contributed by atoms with van der Waals surface area (Å²) in [6.45, 7) is 1.09. The second-order valence-corrected chi connectivity index (χ2v) is 3.82. The van der Waals surface area contributed by atoms with Crippen LogP contribution < -0.4 is 5.69 Å². The van der Waals surface area contributed by atoms with Crippen LogP contribution in [0.3, 0.4) is 0 Å². The maximum atomic E-state index is 11.1. The minimum atomic E-state index is -0.201. The molecule has 0 spiro atoms. The number of imidazole rings is 1. The summed E-state index contributed by atoms with van der Waals surface area (Å²) in [6, 6.07) is 5.71. The summed E-state index contributed by atoms with van der Waals surface area (Å²) in [5.74, 6) is 0. The van der Waals surface area contributed by atoms with E-state index >= 15 is 0 Å². The van der Waals surface area contributed by atoms with Gasteiger partial charge in [0, 0.05) is 6.54 Å². The summed E-state index contributed by atoms with van der Waals surface area (Å²) in [5, 5.41) is 0. The van der Waals surface area contributed by atoms with Gasteiger partial charge in [0.05, 0.1) is 17.6 Å². The van der Waals surface area contributed by atoms with Gasteiger partial charge in [0.15, 0.2) is 0 Å². The van der Waals surface area contributed by atoms with Crippen molar-refractivity contribution >= 4 is 17.3 Å². The van der Waals surface area contributed by atoms with Gasteiger partial charge < -0.3 is 14.8 Å². The first-order chi connectivity index (χ1) is 7.69. The smallest absolute Gasteiger partial charge is 0.306 e. The zero-order valence-electron chi connectivity index (χ0n) is 8.99. The van der Waals surface area contributed by atoms with Gasteiger partial charge in [-0.05, 0) is 24.7 Å². The molecule has 0 bridgehead atoms. The molecule has 5 heteroatoms. The van der Waals surface area contributed by atoms with E-state index in [1.54, 1.807) is 0 Å². The van der Waals surface area contributed by atoms with Gasteiger partial charge in [-0.2, -0.15) is 0 Å². The molecule has 2 aromatic rings. The van der Waals surface area contributed by atoms with E-state index in [2.05, 4.69) is 9.97 Å². The van der Waals surface area contributed by atoms with Crippen LogP contribution in [0.2, 0.25) is 0 Å². The maximum Gasteiger partial charge on any atom is 0.323 e. The highest BCUT2D eigenvalue weighted by Gasteiger charge is 2.02. The van der Waals surface area contributed by atoms with Gasteiger partial charge in [-0.1, -0.05) is 6.07 Å². The Labute approximate surface area is 92.1 Å². The fourth-order valence-corrected chi connectivity index (χ4v) is 1.68. The number of rotatable bonds is 4. The molecule has 0 aliphatic carbocycles. The van der Waals surface area contributed by atoms with Crippen LogP contribution in [-0.2, 0) is 11.3 Å². The Morgan fingerprint density at radius 2 is 2.06 bits per heavy atom. The lowest BCUT2D eigenvalue weighted by molar-refractivity contribution is -0.108. The number of hydrogen-bond donors (Lipinski definition) is 2. The van der Waals surface area contributed by atoms with E-state index in [1.807, 2.05) is 30.1 Å². The average Bonchev–Trinajstić information content (AvgIpc) is 2.57. The lowest BCUT2D eigenvalue weighted by Crippen LogP contribution is -2.19. The Kier molecular flexibility index (Phi) is 2.87. The fourth-order valence-electron chi connectivity index (χ4n) is 1.68. The van der Waals surface area contributed by atoms with E-state index < -0.39 is 0 Å². The van der Waals surface area contributed by atoms with Gasteiger partial charge in [-0.3, -0.25) is 4.90 Å². The third-order valence-electron chi connectivity index (χ3n) is 2.42. The molecule has 0 amide bonds. The fraction of sp³-hybridized carbons (Fsp3) is 0.273. The number of aromatic nitrogens is 2. The van der Waals surface area contributed by atoms with Crippen molar-refractivity contribution in [1.82, 2.24) is 14.9 Å². The summed E-state index contributed by atoms with van der Waals surface area (Å²) >= 11 is 0. The van der Waals surface area contributed by atoms with Gasteiger partial charge in [-0.25, -0.2) is 4.79 Å². The number of carbonyl (C=O) groups is 1. The first-order valence-corrected chi connectivity index (χ1v) is 5.02. The first kappa shape index (κ1) is 10.6. The Morgan fingerprint density at radius 1 is 1.31 bits per heavy atom. The molecule has 0 aliphatic rings. The number of nitrogens with zero attached hydrogens (tertiary/aromatic N) is 1. The summed E-state index contributed by atoms with van der Waals surface area (Å²) in [4.78, 5) is 28.7. The number of benzene rings is 1. The van der Waals surface area contributed by atoms with Gasteiger partial charge in [0.2, 0.25) is 0 Å². The van der Waals surface area contributed by atoms with Crippen molar-refractivity contribution in [1.29, 1.82) is 0 Å². The minimum Gasteiger partial charge on any atom is -0.306 e. The predicted molar refractivity (Wildman–Crippen MR) is 61.3 cm³/mol. The molecule has 84 valence electrons. The van der Waals surface area contributed by atoms with Crippen molar-refractivity contribution in [2.75, 3.05) is 13.6 Å². The first-order valence-electron chi connectivity index (χ1n) is 5.02. The van der Waals surface area contributed by atoms with E-state index in [0.29, 0.717) is 13.1 Å². The molecular weight excluding hydrogens is 206 g/mol. The summed E-state index contributed by atoms with van der Waals surface area (Å²) in [7, 11) is 1.87. The number of fused-ring (bicyclic) bond motifs is 1. The van der Waals surface area contributed by atoms with Crippen LogP contribution in [0.15, 0.2) is 23.0 Å². The standard InChI is InChI=1S/C11H13N3O2/c1-14(4-5-15)7-8-2-3-9-10(6-8)13-11(16)12-9/h2-3,5-6H,4,7H2,1H3,(H2,12,13,16). The Hall–Kier alpha value is -1.88. The van der Waals surface area contributed by atoms with E-state index in [0.717, 1.165) is 22.9 Å². The van der Waals surface area contributed by atoms with Gasteiger partial charge >= 0.3 is 5.69 Å². The highest BCUT2D eigenvalue weighted by molar-refractivity contribution is 5.74. The summed E-state index contributed by atoms with van der Waals surface area (Å²) in [5.41, 5.74) is 2.45. The second kappa shape index (κ2) is 4.32. The largest absolute Gasteiger partial charge is 0.323 e. The lowest BCUT2D eigenvalue weighted by Gasteiger charge is -2.12.